The lowest BCUT2D eigenvalue weighted by atomic mass is 10.1. The highest BCUT2D eigenvalue weighted by Crippen LogP contribution is 2.17. The van der Waals surface area contributed by atoms with Crippen LogP contribution in [0.3, 0.4) is 0 Å². The van der Waals surface area contributed by atoms with Gasteiger partial charge in [0, 0.05) is 12.3 Å². The molecule has 2 aromatic rings. The van der Waals surface area contributed by atoms with Crippen molar-refractivity contribution in [1.82, 2.24) is 9.97 Å². The highest BCUT2D eigenvalue weighted by molar-refractivity contribution is 5.61. The average molecular weight is 208 g/mol. The van der Waals surface area contributed by atoms with E-state index in [1.807, 2.05) is 0 Å². The van der Waals surface area contributed by atoms with E-state index in [0.29, 0.717) is 0 Å². The summed E-state index contributed by atoms with van der Waals surface area (Å²) in [5, 5.41) is 0. The fourth-order valence-corrected chi connectivity index (χ4v) is 1.26. The van der Waals surface area contributed by atoms with Gasteiger partial charge in [-0.15, -0.1) is 0 Å². The van der Waals surface area contributed by atoms with Crippen LogP contribution in [0, 0.1) is 11.6 Å². The highest BCUT2D eigenvalue weighted by Gasteiger charge is 2.06. The lowest BCUT2D eigenvalue weighted by molar-refractivity contribution is 0.584. The van der Waals surface area contributed by atoms with Crippen molar-refractivity contribution in [3.8, 4) is 11.1 Å². The first-order chi connectivity index (χ1) is 7.16. The number of aromatic nitrogens is 2. The molecule has 2 rings (SSSR count). The Hall–Kier alpha value is -2.04. The molecular formula is C10H6F2N2O. The maximum Gasteiger partial charge on any atom is 0.258 e. The van der Waals surface area contributed by atoms with E-state index < -0.39 is 17.2 Å². The summed E-state index contributed by atoms with van der Waals surface area (Å²) in [6.07, 6.45) is 2.47. The third-order valence-electron chi connectivity index (χ3n) is 1.89. The first-order valence-electron chi connectivity index (χ1n) is 4.16. The monoisotopic (exact) mass is 208 g/mol. The van der Waals surface area contributed by atoms with E-state index in [9.17, 15) is 13.6 Å². The standard InChI is InChI=1S/C10H6F2N2O/c11-7-1-6(2-8(12)3-7)9-4-13-5-14-10(9)15/h1-5H,(H,13,14,15). The molecule has 1 heterocycles. The second kappa shape index (κ2) is 3.61. The SMILES string of the molecule is O=c1[nH]cncc1-c1cc(F)cc(F)c1. The van der Waals surface area contributed by atoms with Gasteiger partial charge in [0.05, 0.1) is 11.9 Å². The van der Waals surface area contributed by atoms with E-state index in [2.05, 4.69) is 9.97 Å². The predicted octanol–water partition coefficient (Wildman–Crippen LogP) is 1.72. The number of nitrogens with zero attached hydrogens (tertiary/aromatic N) is 1. The minimum atomic E-state index is -0.728. The first kappa shape index (κ1) is 9.51. The quantitative estimate of drug-likeness (QED) is 0.775. The Balaban J connectivity index is 2.64. The van der Waals surface area contributed by atoms with Crippen LogP contribution in [0.5, 0.6) is 0 Å². The second-order valence-corrected chi connectivity index (χ2v) is 2.95. The van der Waals surface area contributed by atoms with Gasteiger partial charge in [-0.3, -0.25) is 4.79 Å². The van der Waals surface area contributed by atoms with Gasteiger partial charge in [-0.1, -0.05) is 0 Å². The molecule has 0 radical (unpaired) electrons. The molecule has 0 aliphatic rings. The minimum absolute atomic E-state index is 0.135. The molecule has 0 saturated carbocycles. The Morgan fingerprint density at radius 3 is 2.40 bits per heavy atom. The number of rotatable bonds is 1. The largest absolute Gasteiger partial charge is 0.313 e. The summed E-state index contributed by atoms with van der Waals surface area (Å²) < 4.78 is 25.7. The van der Waals surface area contributed by atoms with Gasteiger partial charge in [0.2, 0.25) is 0 Å². The molecule has 0 aliphatic carbocycles. The number of nitrogens with one attached hydrogen (secondary N) is 1. The van der Waals surface area contributed by atoms with Crippen LogP contribution in [-0.2, 0) is 0 Å². The molecule has 0 fully saturated rings. The van der Waals surface area contributed by atoms with Gasteiger partial charge in [0.25, 0.3) is 5.56 Å². The molecule has 5 heteroatoms. The number of hydrogen-bond donors (Lipinski definition) is 1. The van der Waals surface area contributed by atoms with E-state index >= 15 is 0 Å². The van der Waals surface area contributed by atoms with Crippen molar-refractivity contribution < 1.29 is 8.78 Å². The normalized spacial score (nSPS) is 10.3. The van der Waals surface area contributed by atoms with Crippen LogP contribution < -0.4 is 5.56 Å². The molecule has 1 aromatic heterocycles. The van der Waals surface area contributed by atoms with Crippen molar-refractivity contribution in [2.75, 3.05) is 0 Å². The summed E-state index contributed by atoms with van der Waals surface area (Å²) in [5.41, 5.74) is -0.132. The van der Waals surface area contributed by atoms with E-state index in [1.165, 1.54) is 12.5 Å². The number of hydrogen-bond acceptors (Lipinski definition) is 2. The molecule has 0 saturated heterocycles. The summed E-state index contributed by atoms with van der Waals surface area (Å²) in [6.45, 7) is 0. The van der Waals surface area contributed by atoms with Crippen LogP contribution in [-0.4, -0.2) is 9.97 Å². The van der Waals surface area contributed by atoms with Crippen LogP contribution in [0.15, 0.2) is 35.5 Å². The van der Waals surface area contributed by atoms with Crippen molar-refractivity contribution in [2.45, 2.75) is 0 Å². The lowest BCUT2D eigenvalue weighted by Crippen LogP contribution is -2.08. The highest BCUT2D eigenvalue weighted by atomic mass is 19.1. The molecular weight excluding hydrogens is 202 g/mol. The van der Waals surface area contributed by atoms with Crippen LogP contribution in [0.1, 0.15) is 0 Å². The van der Waals surface area contributed by atoms with Gasteiger partial charge in [-0.2, -0.15) is 0 Å². The van der Waals surface area contributed by atoms with Crippen molar-refractivity contribution in [1.29, 1.82) is 0 Å². The molecule has 0 amide bonds. The fourth-order valence-electron chi connectivity index (χ4n) is 1.26. The fraction of sp³-hybridized carbons (Fsp3) is 0. The zero-order valence-corrected chi connectivity index (χ0v) is 7.50. The molecule has 0 bridgehead atoms. The van der Waals surface area contributed by atoms with E-state index in [1.54, 1.807) is 0 Å². The summed E-state index contributed by atoms with van der Waals surface area (Å²) in [4.78, 5) is 17.3. The van der Waals surface area contributed by atoms with Gasteiger partial charge >= 0.3 is 0 Å². The van der Waals surface area contributed by atoms with Gasteiger partial charge in [0.1, 0.15) is 11.6 Å². The Morgan fingerprint density at radius 2 is 1.80 bits per heavy atom. The maximum absolute atomic E-state index is 12.9. The average Bonchev–Trinajstić information content (AvgIpc) is 2.16. The molecule has 0 unspecified atom stereocenters. The second-order valence-electron chi connectivity index (χ2n) is 2.95. The van der Waals surface area contributed by atoms with Crippen molar-refractivity contribution in [2.24, 2.45) is 0 Å². The van der Waals surface area contributed by atoms with Crippen LogP contribution >= 0.6 is 0 Å². The molecule has 15 heavy (non-hydrogen) atoms. The van der Waals surface area contributed by atoms with Crippen LogP contribution in [0.4, 0.5) is 8.78 Å². The van der Waals surface area contributed by atoms with Gasteiger partial charge in [0.15, 0.2) is 0 Å². The summed E-state index contributed by atoms with van der Waals surface area (Å²) >= 11 is 0. The molecule has 1 N–H and O–H groups in total. The van der Waals surface area contributed by atoms with E-state index in [0.717, 1.165) is 18.2 Å². The molecule has 1 aromatic carbocycles. The first-order valence-corrected chi connectivity index (χ1v) is 4.16. The lowest BCUT2D eigenvalue weighted by Gasteiger charge is -1.99. The molecule has 0 aliphatic heterocycles. The van der Waals surface area contributed by atoms with Crippen molar-refractivity contribution in [3.63, 3.8) is 0 Å². The maximum atomic E-state index is 12.9. The molecule has 3 nitrogen and oxygen atoms in total. The van der Waals surface area contributed by atoms with Gasteiger partial charge in [-0.05, 0) is 17.7 Å². The third-order valence-corrected chi connectivity index (χ3v) is 1.89. The van der Waals surface area contributed by atoms with Crippen LogP contribution in [0.2, 0.25) is 0 Å². The Morgan fingerprint density at radius 1 is 1.13 bits per heavy atom. The number of halogens is 2. The molecule has 0 spiro atoms. The predicted molar refractivity (Wildman–Crippen MR) is 50.2 cm³/mol. The smallest absolute Gasteiger partial charge is 0.258 e. The van der Waals surface area contributed by atoms with Crippen molar-refractivity contribution >= 4 is 0 Å². The van der Waals surface area contributed by atoms with E-state index in [4.69, 9.17) is 0 Å². The van der Waals surface area contributed by atoms with Gasteiger partial charge < -0.3 is 4.98 Å². The number of aromatic amines is 1. The minimum Gasteiger partial charge on any atom is -0.313 e. The number of H-pyrrole nitrogens is 1. The number of benzene rings is 1. The zero-order chi connectivity index (χ0) is 10.8. The topological polar surface area (TPSA) is 45.8 Å². The summed E-state index contributed by atoms with van der Waals surface area (Å²) in [7, 11) is 0. The Kier molecular flexibility index (Phi) is 2.29. The molecule has 0 atom stereocenters. The van der Waals surface area contributed by atoms with E-state index in [-0.39, 0.29) is 11.1 Å². The van der Waals surface area contributed by atoms with Crippen molar-refractivity contribution in [3.05, 3.63) is 52.7 Å². The van der Waals surface area contributed by atoms with Gasteiger partial charge in [-0.25, -0.2) is 13.8 Å². The van der Waals surface area contributed by atoms with Crippen LogP contribution in [0.25, 0.3) is 11.1 Å². The Labute approximate surface area is 83.4 Å². The Bertz CT molecular complexity index is 531. The zero-order valence-electron chi connectivity index (χ0n) is 7.50. The summed E-state index contributed by atoms with van der Waals surface area (Å²) in [5.74, 6) is -1.46. The third kappa shape index (κ3) is 1.90. The summed E-state index contributed by atoms with van der Waals surface area (Å²) in [6, 6.07) is 2.90. The molecule has 76 valence electrons.